The smallest absolute Gasteiger partial charge is 0.337 e. The second-order valence-corrected chi connectivity index (χ2v) is 6.52. The number of carboxylic acids is 1. The summed E-state index contributed by atoms with van der Waals surface area (Å²) in [7, 11) is 0. The number of carbonyl (C=O) groups is 3. The predicted molar refractivity (Wildman–Crippen MR) is 80.3 cm³/mol. The molecule has 3 aliphatic heterocycles. The number of hydrogen-bond donors (Lipinski definition) is 1. The van der Waals surface area contributed by atoms with Gasteiger partial charge in [-0.1, -0.05) is 23.8 Å². The van der Waals surface area contributed by atoms with Crippen molar-refractivity contribution < 1.29 is 24.2 Å². The van der Waals surface area contributed by atoms with E-state index in [2.05, 4.69) is 0 Å². The van der Waals surface area contributed by atoms with E-state index in [1.54, 1.807) is 13.0 Å². The first kappa shape index (κ1) is 14.4. The number of anilines is 1. The average Bonchev–Trinajstić information content (AvgIpc) is 3.09. The second kappa shape index (κ2) is 4.43. The van der Waals surface area contributed by atoms with Gasteiger partial charge in [-0.15, -0.1) is 0 Å². The van der Waals surface area contributed by atoms with Gasteiger partial charge < -0.3 is 9.84 Å². The maximum atomic E-state index is 12.8. The Morgan fingerprint density at radius 1 is 1.35 bits per heavy atom. The molecule has 4 atom stereocenters. The maximum Gasteiger partial charge on any atom is 0.337 e. The molecule has 1 aromatic carbocycles. The van der Waals surface area contributed by atoms with Crippen molar-refractivity contribution in [3.63, 3.8) is 0 Å². The Bertz CT molecular complexity index is 804. The van der Waals surface area contributed by atoms with Crippen LogP contribution in [0.1, 0.15) is 17.3 Å². The molecular formula is C16H12ClNO5. The van der Waals surface area contributed by atoms with Crippen LogP contribution in [0.3, 0.4) is 0 Å². The lowest BCUT2D eigenvalue weighted by atomic mass is 9.78. The molecule has 0 unspecified atom stereocenters. The van der Waals surface area contributed by atoms with E-state index in [1.807, 2.05) is 6.08 Å². The SMILES string of the molecule is C[C@]12C=C[C@@H](O1)[C@H]1C(=O)N(c3ccc(Cl)c(C(=O)O)c3)C(=O)[C@@H]12. The summed E-state index contributed by atoms with van der Waals surface area (Å²) in [5, 5.41) is 9.21. The third-order valence-corrected chi connectivity index (χ3v) is 5.10. The van der Waals surface area contributed by atoms with Crippen molar-refractivity contribution >= 4 is 35.1 Å². The Balaban J connectivity index is 1.78. The molecule has 0 aromatic heterocycles. The molecular weight excluding hydrogens is 322 g/mol. The molecule has 2 amide bonds. The summed E-state index contributed by atoms with van der Waals surface area (Å²) in [4.78, 5) is 37.7. The molecule has 0 aliphatic carbocycles. The number of aromatic carboxylic acids is 1. The summed E-state index contributed by atoms with van der Waals surface area (Å²) in [6, 6.07) is 4.10. The first-order valence-electron chi connectivity index (χ1n) is 7.11. The lowest BCUT2D eigenvalue weighted by Crippen LogP contribution is -2.38. The van der Waals surface area contributed by atoms with Crippen molar-refractivity contribution in [1.29, 1.82) is 0 Å². The third-order valence-electron chi connectivity index (χ3n) is 4.77. The van der Waals surface area contributed by atoms with E-state index in [0.717, 1.165) is 4.90 Å². The number of carbonyl (C=O) groups excluding carboxylic acids is 2. The monoisotopic (exact) mass is 333 g/mol. The number of amides is 2. The summed E-state index contributed by atoms with van der Waals surface area (Å²) in [5.41, 5.74) is -0.705. The number of benzene rings is 1. The molecule has 23 heavy (non-hydrogen) atoms. The third kappa shape index (κ3) is 1.76. The number of nitrogens with zero attached hydrogens (tertiary/aromatic N) is 1. The molecule has 0 spiro atoms. The normalized spacial score (nSPS) is 34.3. The minimum atomic E-state index is -1.21. The second-order valence-electron chi connectivity index (χ2n) is 6.11. The highest BCUT2D eigenvalue weighted by Crippen LogP contribution is 2.52. The Morgan fingerprint density at radius 2 is 2.09 bits per heavy atom. The highest BCUT2D eigenvalue weighted by Gasteiger charge is 2.66. The number of imide groups is 1. The van der Waals surface area contributed by atoms with Crippen molar-refractivity contribution in [2.45, 2.75) is 18.6 Å². The summed E-state index contributed by atoms with van der Waals surface area (Å²) in [5.74, 6) is -3.08. The van der Waals surface area contributed by atoms with Gasteiger partial charge in [0.25, 0.3) is 0 Å². The Morgan fingerprint density at radius 3 is 2.74 bits per heavy atom. The van der Waals surface area contributed by atoms with Gasteiger partial charge in [-0.2, -0.15) is 0 Å². The van der Waals surface area contributed by atoms with E-state index in [1.165, 1.54) is 18.2 Å². The highest BCUT2D eigenvalue weighted by molar-refractivity contribution is 6.34. The summed E-state index contributed by atoms with van der Waals surface area (Å²) in [6.45, 7) is 1.79. The molecule has 2 bridgehead atoms. The van der Waals surface area contributed by atoms with Gasteiger partial charge in [-0.05, 0) is 25.1 Å². The standard InChI is InChI=1S/C16H12ClNO5/c1-16-5-4-10(23-16)11-12(16)14(20)18(13(11)19)7-2-3-9(17)8(6-7)15(21)22/h2-6,10-12H,1H3,(H,21,22)/t10-,11-,12-,16-/m1/s1. The fourth-order valence-electron chi connectivity index (χ4n) is 3.72. The van der Waals surface area contributed by atoms with Crippen molar-refractivity contribution in [3.8, 4) is 0 Å². The Kier molecular flexibility index (Phi) is 2.77. The van der Waals surface area contributed by atoms with E-state index in [9.17, 15) is 14.4 Å². The summed E-state index contributed by atoms with van der Waals surface area (Å²) in [6.07, 6.45) is 3.22. The van der Waals surface area contributed by atoms with Crippen LogP contribution in [0, 0.1) is 11.8 Å². The molecule has 6 nitrogen and oxygen atoms in total. The van der Waals surface area contributed by atoms with E-state index in [4.69, 9.17) is 21.4 Å². The topological polar surface area (TPSA) is 83.9 Å². The number of hydrogen-bond acceptors (Lipinski definition) is 4. The number of fused-ring (bicyclic) bond motifs is 5. The average molecular weight is 334 g/mol. The predicted octanol–water partition coefficient (Wildman–Crippen LogP) is 1.87. The van der Waals surface area contributed by atoms with Gasteiger partial charge in [0.2, 0.25) is 11.8 Å². The lowest BCUT2D eigenvalue weighted by molar-refractivity contribution is -0.126. The van der Waals surface area contributed by atoms with E-state index >= 15 is 0 Å². The zero-order valence-corrected chi connectivity index (χ0v) is 12.8. The highest BCUT2D eigenvalue weighted by atomic mass is 35.5. The molecule has 2 fully saturated rings. The maximum absolute atomic E-state index is 12.8. The first-order chi connectivity index (χ1) is 10.8. The molecule has 2 saturated heterocycles. The number of halogens is 1. The van der Waals surface area contributed by atoms with Gasteiger partial charge in [0, 0.05) is 0 Å². The molecule has 118 valence electrons. The largest absolute Gasteiger partial charge is 0.478 e. The van der Waals surface area contributed by atoms with Gasteiger partial charge in [-0.3, -0.25) is 9.59 Å². The minimum Gasteiger partial charge on any atom is -0.478 e. The lowest BCUT2D eigenvalue weighted by Gasteiger charge is -2.24. The Labute approximate surface area is 136 Å². The summed E-state index contributed by atoms with van der Waals surface area (Å²) < 4.78 is 5.74. The van der Waals surface area contributed by atoms with Crippen molar-refractivity contribution in [2.75, 3.05) is 4.90 Å². The zero-order valence-electron chi connectivity index (χ0n) is 12.0. The van der Waals surface area contributed by atoms with E-state index in [-0.39, 0.29) is 28.1 Å². The number of ether oxygens (including phenoxy) is 1. The quantitative estimate of drug-likeness (QED) is 0.660. The fourth-order valence-corrected chi connectivity index (χ4v) is 3.92. The van der Waals surface area contributed by atoms with Crippen LogP contribution in [0.4, 0.5) is 5.69 Å². The van der Waals surface area contributed by atoms with Crippen LogP contribution in [0.15, 0.2) is 30.4 Å². The number of rotatable bonds is 2. The van der Waals surface area contributed by atoms with Crippen LogP contribution in [0.25, 0.3) is 0 Å². The van der Waals surface area contributed by atoms with Crippen LogP contribution in [-0.4, -0.2) is 34.6 Å². The van der Waals surface area contributed by atoms with Crippen molar-refractivity contribution in [1.82, 2.24) is 0 Å². The molecule has 3 aliphatic rings. The first-order valence-corrected chi connectivity index (χ1v) is 7.49. The van der Waals surface area contributed by atoms with Gasteiger partial charge in [0.05, 0.1) is 39.8 Å². The fraction of sp³-hybridized carbons (Fsp3) is 0.312. The van der Waals surface area contributed by atoms with Gasteiger partial charge >= 0.3 is 5.97 Å². The molecule has 1 N–H and O–H groups in total. The Hall–Kier alpha value is -2.18. The molecule has 0 radical (unpaired) electrons. The van der Waals surface area contributed by atoms with E-state index < -0.39 is 29.5 Å². The molecule has 4 rings (SSSR count). The molecule has 3 heterocycles. The van der Waals surface area contributed by atoms with Gasteiger partial charge in [0.1, 0.15) is 0 Å². The van der Waals surface area contributed by atoms with E-state index in [0.29, 0.717) is 0 Å². The van der Waals surface area contributed by atoms with Crippen molar-refractivity contribution in [2.24, 2.45) is 11.8 Å². The van der Waals surface area contributed by atoms with Crippen molar-refractivity contribution in [3.05, 3.63) is 40.9 Å². The van der Waals surface area contributed by atoms with Gasteiger partial charge in [-0.25, -0.2) is 9.69 Å². The zero-order chi connectivity index (χ0) is 16.5. The summed E-state index contributed by atoms with van der Waals surface area (Å²) >= 11 is 5.85. The van der Waals surface area contributed by atoms with Crippen LogP contribution < -0.4 is 4.90 Å². The molecule has 1 aromatic rings. The van der Waals surface area contributed by atoms with Crippen LogP contribution in [0.5, 0.6) is 0 Å². The van der Waals surface area contributed by atoms with Crippen LogP contribution >= 0.6 is 11.6 Å². The number of carboxylic acid groups (broad SMARTS) is 1. The molecule has 7 heteroatoms. The molecule has 0 saturated carbocycles. The van der Waals surface area contributed by atoms with Crippen LogP contribution in [-0.2, 0) is 14.3 Å². The van der Waals surface area contributed by atoms with Crippen LogP contribution in [0.2, 0.25) is 5.02 Å². The minimum absolute atomic E-state index is 0.0533. The van der Waals surface area contributed by atoms with Gasteiger partial charge in [0.15, 0.2) is 0 Å².